The van der Waals surface area contributed by atoms with Gasteiger partial charge in [0.15, 0.2) is 0 Å². The third-order valence-corrected chi connectivity index (χ3v) is 6.01. The number of pyridine rings is 1. The number of piperidine rings is 1. The summed E-state index contributed by atoms with van der Waals surface area (Å²) < 4.78 is 0. The fourth-order valence-corrected chi connectivity index (χ4v) is 4.63. The van der Waals surface area contributed by atoms with Crippen molar-refractivity contribution in [2.45, 2.75) is 19.3 Å². The van der Waals surface area contributed by atoms with Gasteiger partial charge in [-0.1, -0.05) is 25.1 Å². The highest BCUT2D eigenvalue weighted by Gasteiger charge is 2.30. The van der Waals surface area contributed by atoms with Crippen molar-refractivity contribution in [3.8, 4) is 0 Å². The summed E-state index contributed by atoms with van der Waals surface area (Å²) in [5, 5.41) is 12.1. The Balaban J connectivity index is 1.56. The summed E-state index contributed by atoms with van der Waals surface area (Å²) in [5.74, 6) is 1.03. The van der Waals surface area contributed by atoms with Crippen molar-refractivity contribution >= 4 is 23.0 Å². The first-order valence-electron chi connectivity index (χ1n) is 10.2. The SMILES string of the molecule is C[C@@H]1C[C@H](c2ccc(C=N)c3ncccc23)CN(C(=O)CN2CCNCC2)C1. The Morgan fingerprint density at radius 2 is 2.11 bits per heavy atom. The molecule has 28 heavy (non-hydrogen) atoms. The van der Waals surface area contributed by atoms with E-state index in [1.54, 1.807) is 6.20 Å². The fraction of sp³-hybridized carbons (Fsp3) is 0.500. The molecule has 0 saturated carbocycles. The minimum atomic E-state index is 0.247. The molecule has 0 bridgehead atoms. The number of fused-ring (bicyclic) bond motifs is 1. The lowest BCUT2D eigenvalue weighted by Gasteiger charge is -2.38. The third-order valence-electron chi connectivity index (χ3n) is 6.01. The van der Waals surface area contributed by atoms with Gasteiger partial charge in [-0.25, -0.2) is 0 Å². The lowest BCUT2D eigenvalue weighted by Crippen LogP contribution is -2.50. The Morgan fingerprint density at radius 3 is 2.89 bits per heavy atom. The smallest absolute Gasteiger partial charge is 0.236 e. The average Bonchev–Trinajstić information content (AvgIpc) is 2.73. The van der Waals surface area contributed by atoms with E-state index in [9.17, 15) is 4.79 Å². The van der Waals surface area contributed by atoms with Gasteiger partial charge in [-0.3, -0.25) is 14.7 Å². The summed E-state index contributed by atoms with van der Waals surface area (Å²) in [6.45, 7) is 8.19. The van der Waals surface area contributed by atoms with Gasteiger partial charge in [-0.15, -0.1) is 0 Å². The van der Waals surface area contributed by atoms with Crippen LogP contribution in [-0.4, -0.2) is 72.7 Å². The first-order chi connectivity index (χ1) is 13.7. The van der Waals surface area contributed by atoms with E-state index >= 15 is 0 Å². The van der Waals surface area contributed by atoms with Crippen LogP contribution in [0.5, 0.6) is 0 Å². The zero-order chi connectivity index (χ0) is 19.5. The molecule has 1 aromatic heterocycles. The van der Waals surface area contributed by atoms with Crippen LogP contribution in [0.2, 0.25) is 0 Å². The van der Waals surface area contributed by atoms with Crippen LogP contribution in [0.25, 0.3) is 10.9 Å². The number of carbonyl (C=O) groups is 1. The maximum atomic E-state index is 13.0. The molecule has 6 nitrogen and oxygen atoms in total. The fourth-order valence-electron chi connectivity index (χ4n) is 4.63. The lowest BCUT2D eigenvalue weighted by molar-refractivity contribution is -0.134. The van der Waals surface area contributed by atoms with Gasteiger partial charge in [-0.05, 0) is 24.0 Å². The molecule has 2 aromatic rings. The predicted molar refractivity (Wildman–Crippen MR) is 112 cm³/mol. The van der Waals surface area contributed by atoms with Crippen LogP contribution >= 0.6 is 0 Å². The first kappa shape index (κ1) is 19.0. The Labute approximate surface area is 166 Å². The maximum absolute atomic E-state index is 13.0. The second kappa shape index (κ2) is 8.37. The van der Waals surface area contributed by atoms with Gasteiger partial charge in [0.25, 0.3) is 0 Å². The average molecular weight is 380 g/mol. The van der Waals surface area contributed by atoms with Gasteiger partial charge >= 0.3 is 0 Å². The van der Waals surface area contributed by atoms with Gasteiger partial charge in [-0.2, -0.15) is 0 Å². The van der Waals surface area contributed by atoms with E-state index in [-0.39, 0.29) is 5.91 Å². The Morgan fingerprint density at radius 1 is 1.29 bits per heavy atom. The summed E-state index contributed by atoms with van der Waals surface area (Å²) in [6, 6.07) is 8.17. The third kappa shape index (κ3) is 3.93. The van der Waals surface area contributed by atoms with E-state index in [4.69, 9.17) is 5.41 Å². The summed E-state index contributed by atoms with van der Waals surface area (Å²) in [4.78, 5) is 21.8. The normalized spacial score (nSPS) is 23.7. The lowest BCUT2D eigenvalue weighted by atomic mass is 9.83. The number of likely N-dealkylation sites (tertiary alicyclic amines) is 1. The molecular weight excluding hydrogens is 350 g/mol. The molecule has 3 heterocycles. The summed E-state index contributed by atoms with van der Waals surface area (Å²) in [6.07, 6.45) is 4.23. The van der Waals surface area contributed by atoms with E-state index in [0.717, 1.165) is 62.2 Å². The molecule has 148 valence electrons. The van der Waals surface area contributed by atoms with Gasteiger partial charge in [0.1, 0.15) is 0 Å². The number of benzene rings is 1. The highest BCUT2D eigenvalue weighted by atomic mass is 16.2. The predicted octanol–water partition coefficient (Wildman–Crippen LogP) is 2.09. The first-order valence-corrected chi connectivity index (χ1v) is 10.2. The molecular formula is C22H29N5O. The number of nitrogens with one attached hydrogen (secondary N) is 2. The number of piperazine rings is 1. The molecule has 0 aliphatic carbocycles. The zero-order valence-electron chi connectivity index (χ0n) is 16.5. The number of hydrogen-bond donors (Lipinski definition) is 2. The van der Waals surface area contributed by atoms with Crippen molar-refractivity contribution in [3.63, 3.8) is 0 Å². The minimum absolute atomic E-state index is 0.247. The van der Waals surface area contributed by atoms with Crippen molar-refractivity contribution in [1.82, 2.24) is 20.1 Å². The van der Waals surface area contributed by atoms with Crippen LogP contribution in [0.3, 0.4) is 0 Å². The van der Waals surface area contributed by atoms with E-state index in [1.165, 1.54) is 11.8 Å². The zero-order valence-corrected chi connectivity index (χ0v) is 16.5. The van der Waals surface area contributed by atoms with Crippen molar-refractivity contribution in [1.29, 1.82) is 5.41 Å². The number of nitrogens with zero attached hydrogens (tertiary/aromatic N) is 3. The van der Waals surface area contributed by atoms with Crippen molar-refractivity contribution in [3.05, 3.63) is 41.6 Å². The molecule has 2 aliphatic heterocycles. The van der Waals surface area contributed by atoms with E-state index in [0.29, 0.717) is 18.4 Å². The molecule has 0 spiro atoms. The molecule has 2 saturated heterocycles. The van der Waals surface area contributed by atoms with Crippen LogP contribution in [0.1, 0.15) is 30.4 Å². The molecule has 2 atom stereocenters. The van der Waals surface area contributed by atoms with Gasteiger partial charge in [0.2, 0.25) is 5.91 Å². The van der Waals surface area contributed by atoms with Crippen LogP contribution in [-0.2, 0) is 4.79 Å². The molecule has 2 fully saturated rings. The van der Waals surface area contributed by atoms with E-state index in [2.05, 4.69) is 39.2 Å². The highest BCUT2D eigenvalue weighted by Crippen LogP contribution is 2.34. The quantitative estimate of drug-likeness (QED) is 0.798. The number of amides is 1. The van der Waals surface area contributed by atoms with Crippen molar-refractivity contribution in [2.24, 2.45) is 5.92 Å². The maximum Gasteiger partial charge on any atom is 0.236 e. The van der Waals surface area contributed by atoms with Gasteiger partial charge in [0.05, 0.1) is 12.1 Å². The van der Waals surface area contributed by atoms with Crippen LogP contribution in [0.15, 0.2) is 30.5 Å². The van der Waals surface area contributed by atoms with Crippen molar-refractivity contribution in [2.75, 3.05) is 45.8 Å². The molecule has 0 unspecified atom stereocenters. The molecule has 1 amide bonds. The second-order valence-electron chi connectivity index (χ2n) is 8.15. The Bertz CT molecular complexity index is 861. The van der Waals surface area contributed by atoms with Gasteiger partial charge in [0, 0.05) is 68.5 Å². The molecule has 2 N–H and O–H groups in total. The largest absolute Gasteiger partial charge is 0.341 e. The molecule has 1 aromatic carbocycles. The topological polar surface area (TPSA) is 72.3 Å². The summed E-state index contributed by atoms with van der Waals surface area (Å²) in [5.41, 5.74) is 2.97. The highest BCUT2D eigenvalue weighted by molar-refractivity contribution is 5.98. The molecule has 4 rings (SSSR count). The van der Waals surface area contributed by atoms with Gasteiger partial charge < -0.3 is 15.6 Å². The number of rotatable bonds is 4. The van der Waals surface area contributed by atoms with Crippen molar-refractivity contribution < 1.29 is 4.79 Å². The number of aromatic nitrogens is 1. The van der Waals surface area contributed by atoms with Crippen LogP contribution in [0, 0.1) is 11.3 Å². The monoisotopic (exact) mass is 379 g/mol. The van der Waals surface area contributed by atoms with Crippen LogP contribution in [0.4, 0.5) is 0 Å². The molecule has 2 aliphatic rings. The van der Waals surface area contributed by atoms with E-state index < -0.39 is 0 Å². The molecule has 6 heteroatoms. The Kier molecular flexibility index (Phi) is 5.69. The summed E-state index contributed by atoms with van der Waals surface area (Å²) >= 11 is 0. The molecule has 0 radical (unpaired) electrons. The minimum Gasteiger partial charge on any atom is -0.341 e. The van der Waals surface area contributed by atoms with E-state index in [1.807, 2.05) is 12.1 Å². The Hall–Kier alpha value is -2.31. The second-order valence-corrected chi connectivity index (χ2v) is 8.15. The van der Waals surface area contributed by atoms with Crippen LogP contribution < -0.4 is 5.32 Å². The number of carbonyl (C=O) groups excluding carboxylic acids is 1. The summed E-state index contributed by atoms with van der Waals surface area (Å²) in [7, 11) is 0. The number of hydrogen-bond acceptors (Lipinski definition) is 5. The standard InChI is InChI=1S/C22H29N5O/c1-16-11-18(14-27(13-16)21(28)15-26-9-7-24-8-10-26)19-5-4-17(12-23)22-20(19)3-2-6-25-22/h2-6,12,16,18,23-24H,7-11,13-15H2,1H3/t16-,18+/m1/s1.